The van der Waals surface area contributed by atoms with Crippen LogP contribution in [0.2, 0.25) is 0 Å². The van der Waals surface area contributed by atoms with Gasteiger partial charge in [0.15, 0.2) is 0 Å². The fourth-order valence-corrected chi connectivity index (χ4v) is 5.22. The fourth-order valence-electron chi connectivity index (χ4n) is 5.22. The number of fused-ring (bicyclic) bond motifs is 1. The summed E-state index contributed by atoms with van der Waals surface area (Å²) >= 11 is 0. The summed E-state index contributed by atoms with van der Waals surface area (Å²) in [6.07, 6.45) is 6.85. The van der Waals surface area contributed by atoms with E-state index in [1.54, 1.807) is 12.4 Å². The van der Waals surface area contributed by atoms with E-state index in [4.69, 9.17) is 0 Å². The Morgan fingerprint density at radius 3 is 2.33 bits per heavy atom. The second-order valence-corrected chi connectivity index (χ2v) is 9.23. The van der Waals surface area contributed by atoms with Gasteiger partial charge in [0.2, 0.25) is 5.95 Å². The van der Waals surface area contributed by atoms with E-state index in [9.17, 15) is 9.70 Å². The minimum atomic E-state index is 0.0106. The van der Waals surface area contributed by atoms with Gasteiger partial charge in [0.1, 0.15) is 6.54 Å². The zero-order chi connectivity index (χ0) is 24.5. The van der Waals surface area contributed by atoms with Gasteiger partial charge in [-0.3, -0.25) is 4.79 Å². The summed E-state index contributed by atoms with van der Waals surface area (Å²) in [6, 6.07) is 15.1. The maximum atomic E-state index is 13.4. The van der Waals surface area contributed by atoms with E-state index in [1.165, 1.54) is 4.80 Å². The average molecular weight is 481 g/mol. The van der Waals surface area contributed by atoms with E-state index in [0.29, 0.717) is 42.1 Å². The molecule has 2 aliphatic heterocycles. The first kappa shape index (κ1) is 22.0. The van der Waals surface area contributed by atoms with E-state index in [2.05, 4.69) is 30.2 Å². The van der Waals surface area contributed by atoms with Crippen LogP contribution in [-0.4, -0.2) is 61.9 Å². The molecule has 0 N–H and O–H groups in total. The molecule has 2 aliphatic rings. The molecule has 2 atom stereocenters. The van der Waals surface area contributed by atoms with Crippen LogP contribution in [0.5, 0.6) is 0 Å². The Labute approximate surface area is 207 Å². The van der Waals surface area contributed by atoms with Crippen molar-refractivity contribution in [1.29, 1.82) is 0 Å². The number of carbonyl (C=O) groups excluding carboxylic acids is 1. The molecule has 4 aromatic rings. The Morgan fingerprint density at radius 2 is 1.61 bits per heavy atom. The number of rotatable bonds is 6. The van der Waals surface area contributed by atoms with Crippen LogP contribution < -0.4 is 4.90 Å². The Bertz CT molecular complexity index is 1380. The molecule has 0 saturated carbocycles. The quantitative estimate of drug-likeness (QED) is 0.390. The van der Waals surface area contributed by atoms with Crippen molar-refractivity contribution in [3.05, 3.63) is 89.4 Å². The van der Waals surface area contributed by atoms with E-state index in [0.717, 1.165) is 29.8 Å². The number of amides is 1. The van der Waals surface area contributed by atoms with Crippen molar-refractivity contribution in [2.75, 3.05) is 31.1 Å². The Hall–Kier alpha value is -4.47. The summed E-state index contributed by atoms with van der Waals surface area (Å²) < 4.78 is 0. The molecular weight excluding hydrogens is 456 g/mol. The summed E-state index contributed by atoms with van der Waals surface area (Å²) in [5, 5.41) is 11.3. The average Bonchev–Trinajstić information content (AvgIpc) is 3.66. The molecule has 1 amide bonds. The first-order chi connectivity index (χ1) is 17.7. The topological polar surface area (TPSA) is 109 Å². The van der Waals surface area contributed by atoms with Crippen LogP contribution >= 0.6 is 0 Å². The highest BCUT2D eigenvalue weighted by Crippen LogP contribution is 2.34. The number of nitroso groups, excluding NO2 is 1. The predicted octanol–water partition coefficient (Wildman–Crippen LogP) is 3.20. The van der Waals surface area contributed by atoms with Crippen molar-refractivity contribution in [2.24, 2.45) is 17.0 Å². The van der Waals surface area contributed by atoms with Crippen molar-refractivity contribution in [3.63, 3.8) is 0 Å². The van der Waals surface area contributed by atoms with Gasteiger partial charge >= 0.3 is 0 Å². The molecule has 2 aromatic heterocycles. The van der Waals surface area contributed by atoms with E-state index >= 15 is 0 Å². The smallest absolute Gasteiger partial charge is 0.256 e. The second-order valence-electron chi connectivity index (χ2n) is 9.23. The highest BCUT2D eigenvalue weighted by molar-refractivity contribution is 5.98. The molecule has 2 aromatic carbocycles. The third kappa shape index (κ3) is 4.10. The third-order valence-corrected chi connectivity index (χ3v) is 6.97. The number of benzene rings is 2. The van der Waals surface area contributed by atoms with E-state index in [-0.39, 0.29) is 12.5 Å². The molecule has 36 heavy (non-hydrogen) atoms. The number of hydrogen-bond donors (Lipinski definition) is 0. The fraction of sp³-hybridized carbons (Fsp3) is 0.269. The molecule has 2 fully saturated rings. The number of carbonyl (C=O) groups is 1. The molecule has 10 heteroatoms. The highest BCUT2D eigenvalue weighted by atomic mass is 16.3. The normalized spacial score (nSPS) is 18.9. The molecule has 0 bridgehead atoms. The second kappa shape index (κ2) is 9.29. The van der Waals surface area contributed by atoms with Crippen LogP contribution in [0.3, 0.4) is 0 Å². The van der Waals surface area contributed by atoms with Crippen LogP contribution in [0.4, 0.5) is 5.95 Å². The molecule has 0 radical (unpaired) electrons. The van der Waals surface area contributed by atoms with Gasteiger partial charge in [-0.25, -0.2) is 9.97 Å². The van der Waals surface area contributed by atoms with E-state index in [1.807, 2.05) is 65.8 Å². The molecule has 6 rings (SSSR count). The van der Waals surface area contributed by atoms with Gasteiger partial charge in [-0.2, -0.15) is 19.9 Å². The van der Waals surface area contributed by atoms with Gasteiger partial charge in [-0.1, -0.05) is 35.5 Å². The maximum Gasteiger partial charge on any atom is 0.256 e. The minimum absolute atomic E-state index is 0.0106. The largest absolute Gasteiger partial charge is 0.340 e. The molecule has 2 saturated heterocycles. The first-order valence-electron chi connectivity index (χ1n) is 11.9. The van der Waals surface area contributed by atoms with Crippen LogP contribution in [0.15, 0.2) is 78.5 Å². The number of para-hydroxylation sites is 1. The zero-order valence-electron chi connectivity index (χ0n) is 19.5. The first-order valence-corrected chi connectivity index (χ1v) is 11.9. The van der Waals surface area contributed by atoms with Crippen molar-refractivity contribution >= 4 is 11.9 Å². The van der Waals surface area contributed by atoms with Gasteiger partial charge in [0.25, 0.3) is 5.91 Å². The monoisotopic (exact) mass is 480 g/mol. The molecule has 0 aliphatic carbocycles. The molecular formula is C26H24N8O2. The van der Waals surface area contributed by atoms with Gasteiger partial charge in [-0.05, 0) is 29.3 Å². The highest BCUT2D eigenvalue weighted by Gasteiger charge is 2.42. The molecule has 180 valence electrons. The lowest BCUT2D eigenvalue weighted by atomic mass is 10.0. The molecule has 10 nitrogen and oxygen atoms in total. The lowest BCUT2D eigenvalue weighted by Crippen LogP contribution is -2.34. The van der Waals surface area contributed by atoms with Crippen molar-refractivity contribution < 1.29 is 4.79 Å². The summed E-state index contributed by atoms with van der Waals surface area (Å²) in [5.41, 5.74) is 4.01. The summed E-state index contributed by atoms with van der Waals surface area (Å²) in [4.78, 5) is 38.8. The van der Waals surface area contributed by atoms with Crippen LogP contribution in [0.25, 0.3) is 16.8 Å². The maximum absolute atomic E-state index is 13.4. The van der Waals surface area contributed by atoms with Gasteiger partial charge in [0.05, 0.1) is 23.6 Å². The number of anilines is 1. The predicted molar refractivity (Wildman–Crippen MR) is 133 cm³/mol. The zero-order valence-corrected chi connectivity index (χ0v) is 19.5. The van der Waals surface area contributed by atoms with Crippen molar-refractivity contribution in [2.45, 2.75) is 6.54 Å². The van der Waals surface area contributed by atoms with Gasteiger partial charge < -0.3 is 9.80 Å². The Morgan fingerprint density at radius 1 is 0.889 bits per heavy atom. The summed E-state index contributed by atoms with van der Waals surface area (Å²) in [6.45, 7) is 3.19. The van der Waals surface area contributed by atoms with Crippen molar-refractivity contribution in [3.8, 4) is 16.8 Å². The molecule has 2 unspecified atom stereocenters. The minimum Gasteiger partial charge on any atom is -0.340 e. The number of likely N-dealkylation sites (tertiary alicyclic amines) is 1. The Kier molecular flexibility index (Phi) is 5.68. The van der Waals surface area contributed by atoms with Crippen LogP contribution in [0.1, 0.15) is 15.9 Å². The lowest BCUT2D eigenvalue weighted by molar-refractivity contribution is 0.0782. The molecule has 0 spiro atoms. The van der Waals surface area contributed by atoms with Crippen LogP contribution in [-0.2, 0) is 6.54 Å². The Balaban J connectivity index is 1.12. The standard InChI is InChI=1S/C26H24N8O2/c35-25(23-6-1-2-7-24(23)34-29-8-9-30-34)32-14-21-16-33(17-22(21)15-32)26-27-12-20(13-28-26)19-5-3-4-18(10-19)11-31-36/h1-10,12-13,21-22H,11,14-17H2. The van der Waals surface area contributed by atoms with Gasteiger partial charge in [0, 0.05) is 56.0 Å². The van der Waals surface area contributed by atoms with Gasteiger partial charge in [-0.15, -0.1) is 0 Å². The lowest BCUT2D eigenvalue weighted by Gasteiger charge is -2.22. The third-order valence-electron chi connectivity index (χ3n) is 6.97. The number of nitrogens with zero attached hydrogens (tertiary/aromatic N) is 8. The van der Waals surface area contributed by atoms with Crippen LogP contribution in [0, 0.1) is 16.7 Å². The van der Waals surface area contributed by atoms with E-state index < -0.39 is 0 Å². The number of hydrogen-bond acceptors (Lipinski definition) is 8. The SMILES string of the molecule is O=NCc1cccc(-c2cnc(N3CC4CN(C(=O)c5ccccc5-n5nccn5)CC4C3)nc2)c1. The number of aromatic nitrogens is 5. The summed E-state index contributed by atoms with van der Waals surface area (Å²) in [5.74, 6) is 1.46. The molecule has 4 heterocycles. The van der Waals surface area contributed by atoms with Crippen molar-refractivity contribution in [1.82, 2.24) is 29.9 Å². The summed E-state index contributed by atoms with van der Waals surface area (Å²) in [7, 11) is 0.